The van der Waals surface area contributed by atoms with Crippen molar-refractivity contribution >= 4 is 5.82 Å². The Balaban J connectivity index is 2.58. The molecule has 2 heterocycles. The minimum absolute atomic E-state index is 0.712. The molecule has 5 nitrogen and oxygen atoms in total. The van der Waals surface area contributed by atoms with Crippen LogP contribution in [0.4, 0.5) is 5.82 Å². The minimum atomic E-state index is 0.712. The van der Waals surface area contributed by atoms with Crippen LogP contribution in [0, 0.1) is 6.92 Å². The van der Waals surface area contributed by atoms with E-state index >= 15 is 0 Å². The van der Waals surface area contributed by atoms with Crippen molar-refractivity contribution in [3.05, 3.63) is 23.8 Å². The molecule has 2 aromatic heterocycles. The molecule has 0 aliphatic heterocycles. The molecule has 0 unspecified atom stereocenters. The summed E-state index contributed by atoms with van der Waals surface area (Å²) in [5, 5.41) is 3.13. The largest absolute Gasteiger partial charge is 0.373 e. The maximum Gasteiger partial charge on any atom is 0.180 e. The van der Waals surface area contributed by atoms with E-state index in [9.17, 15) is 0 Å². The SMILES string of the molecule is CCc1c(C)nc(-c2cncn2C)nc1NC. The monoisotopic (exact) mass is 231 g/mol. The molecule has 0 aromatic carbocycles. The third-order valence-corrected chi connectivity index (χ3v) is 2.85. The highest BCUT2D eigenvalue weighted by molar-refractivity contribution is 5.56. The van der Waals surface area contributed by atoms with Crippen LogP contribution >= 0.6 is 0 Å². The number of nitrogens with zero attached hydrogens (tertiary/aromatic N) is 4. The van der Waals surface area contributed by atoms with E-state index in [1.807, 2.05) is 25.6 Å². The van der Waals surface area contributed by atoms with Crippen molar-refractivity contribution in [1.82, 2.24) is 19.5 Å². The highest BCUT2D eigenvalue weighted by Crippen LogP contribution is 2.21. The average Bonchev–Trinajstić information content (AvgIpc) is 2.74. The van der Waals surface area contributed by atoms with Gasteiger partial charge in [0.25, 0.3) is 0 Å². The molecule has 0 atom stereocenters. The number of anilines is 1. The van der Waals surface area contributed by atoms with Gasteiger partial charge in [0.05, 0.1) is 12.5 Å². The van der Waals surface area contributed by atoms with E-state index in [4.69, 9.17) is 0 Å². The number of rotatable bonds is 3. The van der Waals surface area contributed by atoms with E-state index in [2.05, 4.69) is 27.2 Å². The Labute approximate surface area is 101 Å². The van der Waals surface area contributed by atoms with E-state index in [0.717, 1.165) is 23.6 Å². The number of aromatic nitrogens is 4. The van der Waals surface area contributed by atoms with E-state index in [1.165, 1.54) is 5.56 Å². The van der Waals surface area contributed by atoms with Crippen LogP contribution in [0.3, 0.4) is 0 Å². The zero-order chi connectivity index (χ0) is 12.4. The molecule has 0 amide bonds. The number of aryl methyl sites for hydroxylation is 2. The minimum Gasteiger partial charge on any atom is -0.373 e. The van der Waals surface area contributed by atoms with Crippen LogP contribution in [0.15, 0.2) is 12.5 Å². The van der Waals surface area contributed by atoms with Crippen molar-refractivity contribution in [2.75, 3.05) is 12.4 Å². The lowest BCUT2D eigenvalue weighted by Gasteiger charge is -2.11. The molecule has 0 saturated carbocycles. The van der Waals surface area contributed by atoms with E-state index in [1.54, 1.807) is 12.5 Å². The maximum absolute atomic E-state index is 4.54. The average molecular weight is 231 g/mol. The predicted molar refractivity (Wildman–Crippen MR) is 67.9 cm³/mol. The normalized spacial score (nSPS) is 10.6. The van der Waals surface area contributed by atoms with Gasteiger partial charge in [-0.15, -0.1) is 0 Å². The molecule has 17 heavy (non-hydrogen) atoms. The van der Waals surface area contributed by atoms with Crippen LogP contribution in [0.2, 0.25) is 0 Å². The molecule has 0 aliphatic rings. The first-order valence-corrected chi connectivity index (χ1v) is 5.69. The summed E-state index contributed by atoms with van der Waals surface area (Å²) in [7, 11) is 3.82. The predicted octanol–water partition coefficient (Wildman–Crippen LogP) is 1.79. The van der Waals surface area contributed by atoms with Crippen molar-refractivity contribution in [3.63, 3.8) is 0 Å². The topological polar surface area (TPSA) is 55.6 Å². The first kappa shape index (κ1) is 11.6. The van der Waals surface area contributed by atoms with Gasteiger partial charge < -0.3 is 9.88 Å². The van der Waals surface area contributed by atoms with Gasteiger partial charge in [-0.3, -0.25) is 0 Å². The number of hydrogen-bond acceptors (Lipinski definition) is 4. The van der Waals surface area contributed by atoms with Gasteiger partial charge in [-0.05, 0) is 13.3 Å². The first-order chi connectivity index (χ1) is 8.17. The lowest BCUT2D eigenvalue weighted by atomic mass is 10.1. The summed E-state index contributed by atoms with van der Waals surface area (Å²) in [4.78, 5) is 13.2. The number of imidazole rings is 1. The highest BCUT2D eigenvalue weighted by atomic mass is 15.1. The second kappa shape index (κ2) is 4.53. The van der Waals surface area contributed by atoms with E-state index < -0.39 is 0 Å². The van der Waals surface area contributed by atoms with E-state index in [0.29, 0.717) is 5.82 Å². The lowest BCUT2D eigenvalue weighted by Crippen LogP contribution is -2.06. The standard InChI is InChI=1S/C12H17N5/c1-5-9-8(2)15-12(16-11(9)13-3)10-6-14-7-17(10)4/h6-7H,5H2,1-4H3,(H,13,15,16). The zero-order valence-corrected chi connectivity index (χ0v) is 10.7. The summed E-state index contributed by atoms with van der Waals surface area (Å²) in [5.41, 5.74) is 3.11. The molecule has 0 bridgehead atoms. The highest BCUT2D eigenvalue weighted by Gasteiger charge is 2.12. The van der Waals surface area contributed by atoms with Crippen molar-refractivity contribution in [3.8, 4) is 11.5 Å². The molecule has 5 heteroatoms. The fourth-order valence-corrected chi connectivity index (χ4v) is 1.91. The van der Waals surface area contributed by atoms with Gasteiger partial charge in [0, 0.05) is 25.4 Å². The molecule has 2 aromatic rings. The smallest absolute Gasteiger partial charge is 0.180 e. The van der Waals surface area contributed by atoms with Gasteiger partial charge in [-0.2, -0.15) is 0 Å². The van der Waals surface area contributed by atoms with Crippen LogP contribution in [0.5, 0.6) is 0 Å². The fraction of sp³-hybridized carbons (Fsp3) is 0.417. The van der Waals surface area contributed by atoms with Crippen LogP contribution < -0.4 is 5.32 Å². The Kier molecular flexibility index (Phi) is 3.08. The second-order valence-electron chi connectivity index (χ2n) is 3.95. The Morgan fingerprint density at radius 2 is 2.12 bits per heavy atom. The van der Waals surface area contributed by atoms with Crippen LogP contribution in [-0.2, 0) is 13.5 Å². The number of hydrogen-bond donors (Lipinski definition) is 1. The Bertz CT molecular complexity index is 530. The summed E-state index contributed by atoms with van der Waals surface area (Å²) < 4.78 is 1.92. The van der Waals surface area contributed by atoms with Crippen molar-refractivity contribution < 1.29 is 0 Å². The Morgan fingerprint density at radius 1 is 1.35 bits per heavy atom. The van der Waals surface area contributed by atoms with E-state index in [-0.39, 0.29) is 0 Å². The molecule has 90 valence electrons. The molecule has 0 aliphatic carbocycles. The quantitative estimate of drug-likeness (QED) is 0.875. The molecular formula is C12H17N5. The summed E-state index contributed by atoms with van der Waals surface area (Å²) in [6.07, 6.45) is 4.45. The molecule has 0 radical (unpaired) electrons. The Morgan fingerprint density at radius 3 is 2.65 bits per heavy atom. The van der Waals surface area contributed by atoms with Crippen molar-refractivity contribution in [2.24, 2.45) is 7.05 Å². The van der Waals surface area contributed by atoms with Gasteiger partial charge in [-0.1, -0.05) is 6.92 Å². The summed E-state index contributed by atoms with van der Waals surface area (Å²) in [5.74, 6) is 1.61. The molecule has 0 spiro atoms. The Hall–Kier alpha value is -1.91. The lowest BCUT2D eigenvalue weighted by molar-refractivity contribution is 0.900. The zero-order valence-electron chi connectivity index (χ0n) is 10.7. The summed E-state index contributed by atoms with van der Waals surface area (Å²) in [6, 6.07) is 0. The van der Waals surface area contributed by atoms with Crippen LogP contribution in [0.25, 0.3) is 11.5 Å². The molecule has 0 saturated heterocycles. The molecule has 1 N–H and O–H groups in total. The van der Waals surface area contributed by atoms with Crippen LogP contribution in [-0.4, -0.2) is 26.6 Å². The number of nitrogens with one attached hydrogen (secondary N) is 1. The van der Waals surface area contributed by atoms with Crippen molar-refractivity contribution in [2.45, 2.75) is 20.3 Å². The van der Waals surface area contributed by atoms with Crippen LogP contribution in [0.1, 0.15) is 18.2 Å². The molecule has 0 fully saturated rings. The van der Waals surface area contributed by atoms with Crippen molar-refractivity contribution in [1.29, 1.82) is 0 Å². The molecular weight excluding hydrogens is 214 g/mol. The molecule has 2 rings (SSSR count). The third-order valence-electron chi connectivity index (χ3n) is 2.85. The third kappa shape index (κ3) is 2.00. The second-order valence-corrected chi connectivity index (χ2v) is 3.95. The van der Waals surface area contributed by atoms with Gasteiger partial charge in [-0.25, -0.2) is 15.0 Å². The van der Waals surface area contributed by atoms with Gasteiger partial charge in [0.2, 0.25) is 0 Å². The first-order valence-electron chi connectivity index (χ1n) is 5.69. The maximum atomic E-state index is 4.54. The summed E-state index contributed by atoms with van der Waals surface area (Å²) in [6.45, 7) is 4.12. The van der Waals surface area contributed by atoms with Gasteiger partial charge >= 0.3 is 0 Å². The fourth-order valence-electron chi connectivity index (χ4n) is 1.91. The van der Waals surface area contributed by atoms with Gasteiger partial charge in [0.1, 0.15) is 11.5 Å². The summed E-state index contributed by atoms with van der Waals surface area (Å²) >= 11 is 0. The van der Waals surface area contributed by atoms with Gasteiger partial charge in [0.15, 0.2) is 5.82 Å².